The van der Waals surface area contributed by atoms with Gasteiger partial charge in [0.2, 0.25) is 5.91 Å². The topological polar surface area (TPSA) is 105 Å². The number of ether oxygens (including phenoxy) is 1. The van der Waals surface area contributed by atoms with E-state index in [9.17, 15) is 19.5 Å². The van der Waals surface area contributed by atoms with Gasteiger partial charge in [-0.25, -0.2) is 4.79 Å². The molecule has 0 spiro atoms. The van der Waals surface area contributed by atoms with Crippen LogP contribution in [0.15, 0.2) is 48.5 Å². The number of unbranched alkanes of at least 4 members (excludes halogenated alkanes) is 1. The van der Waals surface area contributed by atoms with Gasteiger partial charge in [-0.1, -0.05) is 89.1 Å². The first kappa shape index (κ1) is 26.3. The van der Waals surface area contributed by atoms with Gasteiger partial charge in [-0.2, -0.15) is 0 Å². The molecule has 0 saturated carbocycles. The van der Waals surface area contributed by atoms with Gasteiger partial charge in [0.05, 0.1) is 6.42 Å². The van der Waals surface area contributed by atoms with Gasteiger partial charge in [0.25, 0.3) is 0 Å². The minimum atomic E-state index is -0.969. The predicted octanol–water partition coefficient (Wildman–Crippen LogP) is 5.09. The standard InChI is InChI=1S/C28H36N2O5/c1-5-6-11-18(16-24(31)32)29-26(33)25(28(2,3)4)30-27(34)35-17-23-21-14-9-7-12-19(21)20-13-8-10-15-22(20)23/h7-10,12-15,18,23,25H,5-6,11,16-17H2,1-4H3,(H,29,33)(H,30,34)(H,31,32)/t18-,25+/m0/s1. The Morgan fingerprint density at radius 1 is 0.971 bits per heavy atom. The van der Waals surface area contributed by atoms with E-state index >= 15 is 0 Å². The number of fused-ring (bicyclic) bond motifs is 3. The van der Waals surface area contributed by atoms with Crippen LogP contribution in [0.3, 0.4) is 0 Å². The van der Waals surface area contributed by atoms with Crippen molar-refractivity contribution >= 4 is 18.0 Å². The molecule has 188 valence electrons. The number of carbonyl (C=O) groups excluding carboxylic acids is 2. The fourth-order valence-corrected chi connectivity index (χ4v) is 4.60. The van der Waals surface area contributed by atoms with Crippen LogP contribution in [0.4, 0.5) is 4.79 Å². The third-order valence-electron chi connectivity index (χ3n) is 6.41. The van der Waals surface area contributed by atoms with Crippen molar-refractivity contribution in [2.45, 2.75) is 71.4 Å². The molecule has 0 bridgehead atoms. The van der Waals surface area contributed by atoms with Gasteiger partial charge in [-0.05, 0) is 34.1 Å². The highest BCUT2D eigenvalue weighted by molar-refractivity contribution is 5.87. The highest BCUT2D eigenvalue weighted by Crippen LogP contribution is 2.44. The average molecular weight is 481 g/mol. The van der Waals surface area contributed by atoms with E-state index in [0.29, 0.717) is 6.42 Å². The van der Waals surface area contributed by atoms with Gasteiger partial charge in [0, 0.05) is 12.0 Å². The summed E-state index contributed by atoms with van der Waals surface area (Å²) >= 11 is 0. The Bertz CT molecular complexity index is 1010. The number of amides is 2. The van der Waals surface area contributed by atoms with Crippen LogP contribution in [0.25, 0.3) is 11.1 Å². The lowest BCUT2D eigenvalue weighted by molar-refractivity contribution is -0.138. The second-order valence-corrected chi connectivity index (χ2v) is 10.2. The quantitative estimate of drug-likeness (QED) is 0.439. The molecule has 2 amide bonds. The lowest BCUT2D eigenvalue weighted by atomic mass is 9.86. The Kier molecular flexibility index (Phi) is 8.54. The third-order valence-corrected chi connectivity index (χ3v) is 6.41. The molecule has 2 aromatic carbocycles. The van der Waals surface area contributed by atoms with Gasteiger partial charge < -0.3 is 20.5 Å². The summed E-state index contributed by atoms with van der Waals surface area (Å²) in [5, 5.41) is 14.8. The summed E-state index contributed by atoms with van der Waals surface area (Å²) in [5.74, 6) is -1.46. The van der Waals surface area contributed by atoms with Crippen molar-refractivity contribution < 1.29 is 24.2 Å². The summed E-state index contributed by atoms with van der Waals surface area (Å²) in [4.78, 5) is 37.2. The zero-order valence-corrected chi connectivity index (χ0v) is 21.0. The van der Waals surface area contributed by atoms with E-state index < -0.39 is 35.5 Å². The summed E-state index contributed by atoms with van der Waals surface area (Å²) in [6.07, 6.45) is 1.43. The first-order chi connectivity index (χ1) is 16.6. The molecule has 7 nitrogen and oxygen atoms in total. The van der Waals surface area contributed by atoms with E-state index in [4.69, 9.17) is 4.74 Å². The number of nitrogens with one attached hydrogen (secondary N) is 2. The molecule has 1 aliphatic rings. The summed E-state index contributed by atoms with van der Waals surface area (Å²) in [5.41, 5.74) is 3.90. The molecule has 0 unspecified atom stereocenters. The van der Waals surface area contributed by atoms with Crippen molar-refractivity contribution in [2.75, 3.05) is 6.61 Å². The number of benzene rings is 2. The number of carboxylic acid groups (broad SMARTS) is 1. The Balaban J connectivity index is 1.67. The molecule has 0 saturated heterocycles. The second-order valence-electron chi connectivity index (χ2n) is 10.2. The maximum Gasteiger partial charge on any atom is 0.407 e. The normalized spacial score (nSPS) is 14.4. The van der Waals surface area contributed by atoms with E-state index in [1.165, 1.54) is 0 Å². The lowest BCUT2D eigenvalue weighted by Gasteiger charge is -2.31. The van der Waals surface area contributed by atoms with Gasteiger partial charge in [0.1, 0.15) is 12.6 Å². The van der Waals surface area contributed by atoms with Gasteiger partial charge in [-0.3, -0.25) is 9.59 Å². The van der Waals surface area contributed by atoms with E-state index in [-0.39, 0.29) is 18.9 Å². The fourth-order valence-electron chi connectivity index (χ4n) is 4.60. The van der Waals surface area contributed by atoms with Gasteiger partial charge in [0.15, 0.2) is 0 Å². The Labute approximate surface area is 207 Å². The molecule has 0 fully saturated rings. The molecule has 1 aliphatic carbocycles. The molecule has 3 rings (SSSR count). The summed E-state index contributed by atoms with van der Waals surface area (Å²) in [6, 6.07) is 14.8. The van der Waals surface area contributed by atoms with E-state index in [0.717, 1.165) is 35.1 Å². The van der Waals surface area contributed by atoms with Crippen molar-refractivity contribution in [2.24, 2.45) is 5.41 Å². The molecule has 35 heavy (non-hydrogen) atoms. The van der Waals surface area contributed by atoms with Crippen LogP contribution < -0.4 is 10.6 Å². The molecule has 0 aromatic heterocycles. The van der Waals surface area contributed by atoms with E-state index in [1.54, 1.807) is 0 Å². The number of carboxylic acids is 1. The van der Waals surface area contributed by atoms with Crippen molar-refractivity contribution in [1.29, 1.82) is 0 Å². The first-order valence-electron chi connectivity index (χ1n) is 12.3. The van der Waals surface area contributed by atoms with Crippen LogP contribution in [-0.4, -0.2) is 41.8 Å². The number of carbonyl (C=O) groups is 3. The molecular formula is C28H36N2O5. The van der Waals surface area contributed by atoms with E-state index in [2.05, 4.69) is 22.8 Å². The highest BCUT2D eigenvalue weighted by atomic mass is 16.5. The van der Waals surface area contributed by atoms with Crippen LogP contribution in [0.1, 0.15) is 70.4 Å². The van der Waals surface area contributed by atoms with Crippen molar-refractivity contribution in [3.05, 3.63) is 59.7 Å². The number of rotatable bonds is 10. The van der Waals surface area contributed by atoms with E-state index in [1.807, 2.05) is 64.1 Å². The summed E-state index contributed by atoms with van der Waals surface area (Å²) in [7, 11) is 0. The minimum absolute atomic E-state index is 0.0796. The monoisotopic (exact) mass is 480 g/mol. The summed E-state index contributed by atoms with van der Waals surface area (Å²) < 4.78 is 5.63. The van der Waals surface area contributed by atoms with Crippen molar-refractivity contribution in [3.63, 3.8) is 0 Å². The molecule has 2 atom stereocenters. The fraction of sp³-hybridized carbons (Fsp3) is 0.464. The number of aliphatic carboxylic acids is 1. The molecule has 0 aliphatic heterocycles. The molecule has 3 N–H and O–H groups in total. The van der Waals surface area contributed by atoms with Crippen molar-refractivity contribution in [3.8, 4) is 11.1 Å². The van der Waals surface area contributed by atoms with Crippen LogP contribution in [-0.2, 0) is 14.3 Å². The summed E-state index contributed by atoms with van der Waals surface area (Å²) in [6.45, 7) is 7.70. The number of hydrogen-bond donors (Lipinski definition) is 3. The van der Waals surface area contributed by atoms with Crippen LogP contribution in [0.2, 0.25) is 0 Å². The van der Waals surface area contributed by atoms with Crippen LogP contribution >= 0.6 is 0 Å². The molecule has 2 aromatic rings. The molecular weight excluding hydrogens is 444 g/mol. The van der Waals surface area contributed by atoms with Crippen LogP contribution in [0.5, 0.6) is 0 Å². The average Bonchev–Trinajstić information content (AvgIpc) is 3.12. The highest BCUT2D eigenvalue weighted by Gasteiger charge is 2.35. The number of hydrogen-bond acceptors (Lipinski definition) is 4. The second kappa shape index (κ2) is 11.4. The zero-order valence-electron chi connectivity index (χ0n) is 21.0. The smallest absolute Gasteiger partial charge is 0.407 e. The number of alkyl carbamates (subject to hydrolysis) is 1. The third kappa shape index (κ3) is 6.62. The zero-order chi connectivity index (χ0) is 25.6. The minimum Gasteiger partial charge on any atom is -0.481 e. The predicted molar refractivity (Wildman–Crippen MR) is 135 cm³/mol. The Morgan fingerprint density at radius 3 is 2.06 bits per heavy atom. The van der Waals surface area contributed by atoms with Crippen molar-refractivity contribution in [1.82, 2.24) is 10.6 Å². The lowest BCUT2D eigenvalue weighted by Crippen LogP contribution is -2.55. The van der Waals surface area contributed by atoms with Gasteiger partial charge in [-0.15, -0.1) is 0 Å². The SMILES string of the molecule is CCCC[C@@H](CC(=O)O)NC(=O)[C@@H](NC(=O)OCC1c2ccccc2-c2ccccc21)C(C)(C)C. The Hall–Kier alpha value is -3.35. The first-order valence-corrected chi connectivity index (χ1v) is 12.3. The molecule has 0 radical (unpaired) electrons. The Morgan fingerprint density at radius 2 is 1.54 bits per heavy atom. The van der Waals surface area contributed by atoms with Crippen LogP contribution in [0, 0.1) is 5.41 Å². The molecule has 7 heteroatoms. The maximum absolute atomic E-state index is 13.1. The largest absolute Gasteiger partial charge is 0.481 e. The molecule has 0 heterocycles. The maximum atomic E-state index is 13.1. The van der Waals surface area contributed by atoms with Gasteiger partial charge >= 0.3 is 12.1 Å².